The number of hydrogen-bond acceptors (Lipinski definition) is 17. The van der Waals surface area contributed by atoms with Crippen LogP contribution in [0.25, 0.3) is 11.2 Å². The van der Waals surface area contributed by atoms with E-state index in [2.05, 4.69) is 24.9 Å². The van der Waals surface area contributed by atoms with E-state index in [0.717, 1.165) is 23.7 Å². The van der Waals surface area contributed by atoms with Crippen molar-refractivity contribution in [2.45, 2.75) is 88.6 Å². The third-order valence-electron chi connectivity index (χ3n) is 7.80. The smallest absolute Gasteiger partial charge is 0.394 e. The number of hydrogen-bond donors (Lipinski definition) is 6. The molecule has 0 aromatic carbocycles. The number of ether oxygens (including phenoxy) is 4. The largest absolute Gasteiger partial charge is 0.472 e. The van der Waals surface area contributed by atoms with Crippen molar-refractivity contribution in [3.05, 3.63) is 33.5 Å². The van der Waals surface area contributed by atoms with Crippen molar-refractivity contribution in [3.63, 3.8) is 0 Å². The lowest BCUT2D eigenvalue weighted by Gasteiger charge is -2.26. The highest BCUT2D eigenvalue weighted by Crippen LogP contribution is 2.50. The normalized spacial score (nSPS) is 28.7. The van der Waals surface area contributed by atoms with E-state index in [0.29, 0.717) is 12.8 Å². The number of anilines is 2. The molecule has 3 aromatic rings. The zero-order chi connectivity index (χ0) is 34.6. The van der Waals surface area contributed by atoms with Gasteiger partial charge in [-0.05, 0) is 12.8 Å². The molecule has 0 spiro atoms. The van der Waals surface area contributed by atoms with E-state index in [4.69, 9.17) is 39.5 Å². The summed E-state index contributed by atoms with van der Waals surface area (Å²) < 4.78 is 50.2. The summed E-state index contributed by atoms with van der Waals surface area (Å²) in [5.41, 5.74) is 9.85. The number of phosphoric ester groups is 1. The fraction of sp³-hybridized carbons (Fsp3) is 0.692. The average molecular weight is 702 g/mol. The van der Waals surface area contributed by atoms with Gasteiger partial charge >= 0.3 is 13.5 Å². The fourth-order valence-electron chi connectivity index (χ4n) is 5.38. The van der Waals surface area contributed by atoms with Gasteiger partial charge in [0.15, 0.2) is 23.6 Å². The minimum atomic E-state index is -5.00. The van der Waals surface area contributed by atoms with Gasteiger partial charge in [0.25, 0.3) is 5.56 Å². The first kappa shape index (κ1) is 35.9. The molecule has 9 atom stereocenters. The van der Waals surface area contributed by atoms with Crippen LogP contribution in [0.4, 0.5) is 11.9 Å². The van der Waals surface area contributed by atoms with Crippen molar-refractivity contribution < 1.29 is 47.7 Å². The Hall–Kier alpha value is -3.37. The number of nitrogens with zero attached hydrogens (tertiary/aromatic N) is 6. The third kappa shape index (κ3) is 7.75. The Bertz CT molecular complexity index is 1700. The van der Waals surface area contributed by atoms with E-state index in [9.17, 15) is 29.3 Å². The number of phosphoric acid groups is 1. The lowest BCUT2D eigenvalue weighted by molar-refractivity contribution is -0.0774. The maximum Gasteiger partial charge on any atom is 0.472 e. The molecule has 266 valence electrons. The second-order valence-electron chi connectivity index (χ2n) is 11.2. The highest BCUT2D eigenvalue weighted by molar-refractivity contribution is 7.47. The van der Waals surface area contributed by atoms with Crippen molar-refractivity contribution >= 4 is 30.9 Å². The van der Waals surface area contributed by atoms with Gasteiger partial charge in [-0.25, -0.2) is 19.3 Å². The van der Waals surface area contributed by atoms with Crippen LogP contribution in [0, 0.1) is 0 Å². The first-order valence-corrected chi connectivity index (χ1v) is 16.9. The van der Waals surface area contributed by atoms with Gasteiger partial charge in [0.05, 0.1) is 19.5 Å². The molecule has 0 aliphatic carbocycles. The summed E-state index contributed by atoms with van der Waals surface area (Å²) in [6.07, 6.45) is -4.61. The van der Waals surface area contributed by atoms with Crippen molar-refractivity contribution in [3.8, 4) is 0 Å². The van der Waals surface area contributed by atoms with E-state index < -0.39 is 81.4 Å². The van der Waals surface area contributed by atoms with Crippen molar-refractivity contribution in [2.24, 2.45) is 0 Å². The maximum absolute atomic E-state index is 13.4. The SMILES string of the molecule is CCCCOC1[C@@H](OP(=O)(O)OC[C@H]2O[C@@H](n3cnc(N)nc3=O)[C@@H](OCCCC)C2O)[C@@H](CO)O[C@H]1n1cnc2c(=O)[nH]c(N)nc21. The van der Waals surface area contributed by atoms with Gasteiger partial charge in [0.2, 0.25) is 11.9 Å². The summed E-state index contributed by atoms with van der Waals surface area (Å²) in [7, 11) is -5.00. The molecule has 2 aliphatic rings. The van der Waals surface area contributed by atoms with Gasteiger partial charge in [-0.15, -0.1) is 0 Å². The van der Waals surface area contributed by atoms with Crippen LogP contribution in [-0.2, 0) is 32.6 Å². The number of aliphatic hydroxyl groups excluding tert-OH is 2. The zero-order valence-corrected chi connectivity index (χ0v) is 27.1. The number of nitrogen functional groups attached to an aromatic ring is 2. The molecule has 3 unspecified atom stereocenters. The van der Waals surface area contributed by atoms with Gasteiger partial charge < -0.3 is 45.5 Å². The van der Waals surface area contributed by atoms with Crippen molar-refractivity contribution in [1.29, 1.82) is 0 Å². The summed E-state index contributed by atoms with van der Waals surface area (Å²) in [5, 5.41) is 21.2. The highest BCUT2D eigenvalue weighted by Gasteiger charge is 2.52. The predicted molar refractivity (Wildman–Crippen MR) is 164 cm³/mol. The second kappa shape index (κ2) is 15.5. The van der Waals surface area contributed by atoms with Crippen LogP contribution < -0.4 is 22.7 Å². The Balaban J connectivity index is 1.34. The topological polar surface area (TPSA) is 297 Å². The molecule has 0 amide bonds. The molecular weight excluding hydrogens is 661 g/mol. The van der Waals surface area contributed by atoms with E-state index in [-0.39, 0.29) is 36.3 Å². The quantitative estimate of drug-likeness (QED) is 0.0767. The number of aromatic amines is 1. The number of rotatable bonds is 16. The summed E-state index contributed by atoms with van der Waals surface area (Å²) in [6.45, 7) is 2.97. The molecule has 2 fully saturated rings. The van der Waals surface area contributed by atoms with E-state index in [1.165, 1.54) is 10.9 Å². The minimum Gasteiger partial charge on any atom is -0.394 e. The molecule has 5 heterocycles. The molecular formula is C26H40N9O12P. The number of H-pyrrole nitrogens is 1. The molecule has 8 N–H and O–H groups in total. The zero-order valence-electron chi connectivity index (χ0n) is 26.2. The van der Waals surface area contributed by atoms with E-state index >= 15 is 0 Å². The Kier molecular flexibility index (Phi) is 11.6. The number of aromatic nitrogens is 7. The van der Waals surface area contributed by atoms with Gasteiger partial charge in [-0.3, -0.25) is 28.0 Å². The van der Waals surface area contributed by atoms with E-state index in [1.54, 1.807) is 0 Å². The number of aliphatic hydroxyl groups is 2. The highest BCUT2D eigenvalue weighted by atomic mass is 31.2. The molecule has 0 bridgehead atoms. The Morgan fingerprint density at radius 3 is 2.27 bits per heavy atom. The predicted octanol–water partition coefficient (Wildman–Crippen LogP) is -1.04. The Labute approximate surface area is 272 Å². The fourth-order valence-corrected chi connectivity index (χ4v) is 6.34. The van der Waals surface area contributed by atoms with E-state index in [1.807, 2.05) is 13.8 Å². The summed E-state index contributed by atoms with van der Waals surface area (Å²) >= 11 is 0. The second-order valence-corrected chi connectivity index (χ2v) is 12.6. The Morgan fingerprint density at radius 1 is 0.958 bits per heavy atom. The van der Waals surface area contributed by atoms with Gasteiger partial charge in [0.1, 0.15) is 43.0 Å². The van der Waals surface area contributed by atoms with Crippen LogP contribution in [0.3, 0.4) is 0 Å². The molecule has 48 heavy (non-hydrogen) atoms. The number of nitrogens with one attached hydrogen (secondary N) is 1. The lowest BCUT2D eigenvalue weighted by atomic mass is 10.1. The number of imidazole rings is 1. The van der Waals surface area contributed by atoms with Crippen LogP contribution in [0.15, 0.2) is 22.2 Å². The molecule has 5 rings (SSSR count). The molecule has 0 saturated carbocycles. The van der Waals surface area contributed by atoms with Crippen LogP contribution in [0.1, 0.15) is 52.0 Å². The first-order valence-electron chi connectivity index (χ1n) is 15.4. The summed E-state index contributed by atoms with van der Waals surface area (Å²) in [5.74, 6) is -0.441. The number of unbranched alkanes of at least 4 members (excludes halogenated alkanes) is 2. The summed E-state index contributed by atoms with van der Waals surface area (Å²) in [6, 6.07) is 0. The van der Waals surface area contributed by atoms with Crippen molar-refractivity contribution in [2.75, 3.05) is 37.9 Å². The average Bonchev–Trinajstić information content (AvgIpc) is 3.70. The van der Waals surface area contributed by atoms with Crippen LogP contribution >= 0.6 is 7.82 Å². The monoisotopic (exact) mass is 701 g/mol. The molecule has 0 radical (unpaired) electrons. The first-order chi connectivity index (χ1) is 23.0. The summed E-state index contributed by atoms with van der Waals surface area (Å²) in [4.78, 5) is 53.7. The van der Waals surface area contributed by atoms with Gasteiger partial charge in [0, 0.05) is 13.2 Å². The number of nitrogens with two attached hydrogens (primary N) is 2. The molecule has 2 saturated heterocycles. The van der Waals surface area contributed by atoms with Crippen molar-refractivity contribution in [1.82, 2.24) is 34.1 Å². The van der Waals surface area contributed by atoms with Gasteiger partial charge in [-0.2, -0.15) is 9.97 Å². The minimum absolute atomic E-state index is 0.0422. The van der Waals surface area contributed by atoms with Gasteiger partial charge in [-0.1, -0.05) is 26.7 Å². The standard InChI is InChI=1S/C26H40N9O12P/c1-3-5-7-42-18-16(37)14(46-22(18)35-12-30-24(27)33-26(35)39)10-44-48(40,41)47-17-13(9-36)45-23(19(17)43-8-6-4-2)34-11-29-15-20(34)31-25(28)32-21(15)38/h11-14,16-19,22-23,36-37H,3-10H2,1-2H3,(H,40,41)(H2,27,33,39)(H3,28,31,32,38)/t13-,14-,16?,17+,18+,19?,22-,23-/m1/s1. The van der Waals surface area contributed by atoms with Crippen LogP contribution in [0.5, 0.6) is 0 Å². The maximum atomic E-state index is 13.4. The Morgan fingerprint density at radius 2 is 1.60 bits per heavy atom. The van der Waals surface area contributed by atoms with Crippen LogP contribution in [-0.4, -0.2) is 112 Å². The van der Waals surface area contributed by atoms with Crippen LogP contribution in [0.2, 0.25) is 0 Å². The number of fused-ring (bicyclic) bond motifs is 1. The molecule has 2 aliphatic heterocycles. The molecule has 3 aromatic heterocycles. The molecule has 21 nitrogen and oxygen atoms in total. The lowest BCUT2D eigenvalue weighted by Crippen LogP contribution is -2.39. The third-order valence-corrected chi connectivity index (χ3v) is 8.78. The molecule has 22 heteroatoms.